The van der Waals surface area contributed by atoms with Gasteiger partial charge in [0.05, 0.1) is 11.4 Å². The van der Waals surface area contributed by atoms with Crippen LogP contribution in [0, 0.1) is 0 Å². The highest BCUT2D eigenvalue weighted by Gasteiger charge is 2.18. The Hall–Kier alpha value is -2.44. The average Bonchev–Trinajstić information content (AvgIpc) is 2.62. The largest absolute Gasteiger partial charge is 0.508 e. The molecule has 2 aromatic carbocycles. The van der Waals surface area contributed by atoms with Gasteiger partial charge in [-0.05, 0) is 62.4 Å². The summed E-state index contributed by atoms with van der Waals surface area (Å²) in [5.41, 5.74) is 14.2. The van der Waals surface area contributed by atoms with Gasteiger partial charge in [-0.2, -0.15) is 10.2 Å². The quantitative estimate of drug-likeness (QED) is 0.679. The lowest BCUT2D eigenvalue weighted by atomic mass is 10.1. The van der Waals surface area contributed by atoms with Crippen molar-refractivity contribution < 1.29 is 5.11 Å². The highest BCUT2D eigenvalue weighted by Crippen LogP contribution is 2.25. The number of anilines is 1. The molecule has 6 heteroatoms. The molecule has 128 valence electrons. The first-order chi connectivity index (χ1) is 11.5. The summed E-state index contributed by atoms with van der Waals surface area (Å²) in [6.45, 7) is 5.30. The van der Waals surface area contributed by atoms with Crippen LogP contribution in [0.25, 0.3) is 0 Å². The number of aromatic hydroxyl groups is 1. The Balaban J connectivity index is 2.15. The highest BCUT2D eigenvalue weighted by molar-refractivity contribution is 5.54. The molecule has 0 spiro atoms. The van der Waals surface area contributed by atoms with Gasteiger partial charge in [0.1, 0.15) is 5.75 Å². The van der Waals surface area contributed by atoms with Crippen molar-refractivity contribution >= 4 is 17.1 Å². The van der Waals surface area contributed by atoms with E-state index in [2.05, 4.69) is 29.0 Å². The van der Waals surface area contributed by atoms with E-state index in [0.29, 0.717) is 18.8 Å². The number of azo groups is 1. The van der Waals surface area contributed by atoms with E-state index in [9.17, 15) is 5.11 Å². The van der Waals surface area contributed by atoms with E-state index >= 15 is 0 Å². The van der Waals surface area contributed by atoms with Crippen LogP contribution < -0.4 is 16.4 Å². The lowest BCUT2D eigenvalue weighted by Crippen LogP contribution is -2.47. The molecular formula is C18H25N5O. The zero-order chi connectivity index (χ0) is 17.5. The van der Waals surface area contributed by atoms with Crippen LogP contribution in [-0.2, 0) is 0 Å². The summed E-state index contributed by atoms with van der Waals surface area (Å²) in [6, 6.07) is 14.8. The van der Waals surface area contributed by atoms with Crippen molar-refractivity contribution in [1.82, 2.24) is 0 Å². The maximum Gasteiger partial charge on any atom is 0.115 e. The second kappa shape index (κ2) is 8.42. The molecular weight excluding hydrogens is 302 g/mol. The van der Waals surface area contributed by atoms with E-state index in [1.165, 1.54) is 0 Å². The molecule has 0 saturated carbocycles. The summed E-state index contributed by atoms with van der Waals surface area (Å²) in [7, 11) is 0. The minimum absolute atomic E-state index is 0.202. The lowest BCUT2D eigenvalue weighted by molar-refractivity contribution is 0.475. The number of nitrogens with zero attached hydrogens (tertiary/aromatic N) is 3. The highest BCUT2D eigenvalue weighted by atomic mass is 16.3. The molecule has 0 saturated heterocycles. The normalized spacial score (nSPS) is 13.8. The molecule has 2 aromatic rings. The number of phenolic OH excluding ortho intramolecular Hbond substituents is 1. The Morgan fingerprint density at radius 2 is 1.25 bits per heavy atom. The molecule has 0 aliphatic carbocycles. The van der Waals surface area contributed by atoms with Crippen LogP contribution in [0.2, 0.25) is 0 Å². The Morgan fingerprint density at radius 1 is 0.833 bits per heavy atom. The fourth-order valence-electron chi connectivity index (χ4n) is 2.50. The summed E-state index contributed by atoms with van der Waals surface area (Å²) in [5, 5.41) is 17.6. The Labute approximate surface area is 142 Å². The van der Waals surface area contributed by atoms with Crippen molar-refractivity contribution in [2.24, 2.45) is 21.7 Å². The van der Waals surface area contributed by atoms with Crippen molar-refractivity contribution in [2.45, 2.75) is 25.9 Å². The van der Waals surface area contributed by atoms with Crippen LogP contribution in [0.5, 0.6) is 5.75 Å². The third kappa shape index (κ3) is 4.53. The summed E-state index contributed by atoms with van der Waals surface area (Å²) < 4.78 is 0. The number of phenols is 1. The molecule has 0 amide bonds. The smallest absolute Gasteiger partial charge is 0.115 e. The van der Waals surface area contributed by atoms with Crippen LogP contribution in [0.4, 0.5) is 17.1 Å². The number of nitrogens with two attached hydrogens (primary N) is 2. The van der Waals surface area contributed by atoms with Crippen LogP contribution in [0.3, 0.4) is 0 Å². The van der Waals surface area contributed by atoms with Gasteiger partial charge in [-0.1, -0.05) is 0 Å². The van der Waals surface area contributed by atoms with Gasteiger partial charge in [0.15, 0.2) is 0 Å². The van der Waals surface area contributed by atoms with Crippen LogP contribution in [-0.4, -0.2) is 30.3 Å². The van der Waals surface area contributed by atoms with E-state index in [1.54, 1.807) is 24.3 Å². The average molecular weight is 327 g/mol. The maximum absolute atomic E-state index is 9.26. The monoisotopic (exact) mass is 327 g/mol. The number of hydrogen-bond donors (Lipinski definition) is 3. The van der Waals surface area contributed by atoms with Crippen molar-refractivity contribution in [2.75, 3.05) is 18.0 Å². The third-order valence-electron chi connectivity index (χ3n) is 3.91. The summed E-state index contributed by atoms with van der Waals surface area (Å²) in [6.07, 6.45) is 0. The topological polar surface area (TPSA) is 100 Å². The van der Waals surface area contributed by atoms with Crippen LogP contribution in [0.15, 0.2) is 58.8 Å². The van der Waals surface area contributed by atoms with Gasteiger partial charge in [-0.15, -0.1) is 0 Å². The Kier molecular flexibility index (Phi) is 6.28. The fraction of sp³-hybridized carbons (Fsp3) is 0.333. The van der Waals surface area contributed by atoms with Crippen molar-refractivity contribution in [3.05, 3.63) is 48.5 Å². The van der Waals surface area contributed by atoms with Gasteiger partial charge < -0.3 is 21.5 Å². The Bertz CT molecular complexity index is 644. The van der Waals surface area contributed by atoms with Gasteiger partial charge in [-0.3, -0.25) is 0 Å². The van der Waals surface area contributed by atoms with Gasteiger partial charge >= 0.3 is 0 Å². The summed E-state index contributed by atoms with van der Waals surface area (Å²) in [5.74, 6) is 0.210. The second-order valence-corrected chi connectivity index (χ2v) is 5.81. The molecule has 0 fully saturated rings. The van der Waals surface area contributed by atoms with Crippen molar-refractivity contribution in [3.63, 3.8) is 0 Å². The molecule has 24 heavy (non-hydrogen) atoms. The molecule has 0 bridgehead atoms. The standard InChI is InChI=1S/C18H25N5O/c1-13(11-19)23(14(2)12-20)17-7-3-15(4-8-17)21-22-16-5-9-18(24)10-6-16/h3-10,13-14,24H,11-12,19-20H2,1-2H3. The number of benzene rings is 2. The van der Waals surface area contributed by atoms with Gasteiger partial charge in [-0.25, -0.2) is 0 Å². The van der Waals surface area contributed by atoms with E-state index in [1.807, 2.05) is 24.3 Å². The van der Waals surface area contributed by atoms with E-state index in [-0.39, 0.29) is 17.8 Å². The summed E-state index contributed by atoms with van der Waals surface area (Å²) in [4.78, 5) is 2.22. The molecule has 0 aliphatic rings. The molecule has 0 heterocycles. The zero-order valence-corrected chi connectivity index (χ0v) is 14.1. The molecule has 2 unspecified atom stereocenters. The third-order valence-corrected chi connectivity index (χ3v) is 3.91. The predicted molar refractivity (Wildman–Crippen MR) is 98.2 cm³/mol. The molecule has 0 radical (unpaired) electrons. The van der Waals surface area contributed by atoms with Crippen LogP contribution in [0.1, 0.15) is 13.8 Å². The number of rotatable bonds is 7. The zero-order valence-electron chi connectivity index (χ0n) is 14.1. The molecule has 0 aliphatic heterocycles. The first-order valence-corrected chi connectivity index (χ1v) is 8.04. The SMILES string of the molecule is CC(CN)N(c1ccc(N=Nc2ccc(O)cc2)cc1)C(C)CN. The molecule has 2 rings (SSSR count). The lowest BCUT2D eigenvalue weighted by Gasteiger charge is -2.35. The van der Waals surface area contributed by atoms with E-state index in [0.717, 1.165) is 11.4 Å². The van der Waals surface area contributed by atoms with Crippen molar-refractivity contribution in [1.29, 1.82) is 0 Å². The van der Waals surface area contributed by atoms with Gasteiger partial charge in [0, 0.05) is 30.9 Å². The fourth-order valence-corrected chi connectivity index (χ4v) is 2.50. The first-order valence-electron chi connectivity index (χ1n) is 8.04. The van der Waals surface area contributed by atoms with Crippen LogP contribution >= 0.6 is 0 Å². The number of hydrogen-bond acceptors (Lipinski definition) is 6. The maximum atomic E-state index is 9.26. The van der Waals surface area contributed by atoms with Gasteiger partial charge in [0.2, 0.25) is 0 Å². The summed E-state index contributed by atoms with van der Waals surface area (Å²) >= 11 is 0. The van der Waals surface area contributed by atoms with E-state index in [4.69, 9.17) is 11.5 Å². The Morgan fingerprint density at radius 3 is 1.67 bits per heavy atom. The molecule has 2 atom stereocenters. The molecule has 0 aromatic heterocycles. The molecule has 5 N–H and O–H groups in total. The first kappa shape index (κ1) is 17.9. The van der Waals surface area contributed by atoms with Crippen molar-refractivity contribution in [3.8, 4) is 5.75 Å². The predicted octanol–water partition coefficient (Wildman–Crippen LogP) is 3.31. The minimum Gasteiger partial charge on any atom is -0.508 e. The minimum atomic E-state index is 0.202. The second-order valence-electron chi connectivity index (χ2n) is 5.81. The molecule has 6 nitrogen and oxygen atoms in total. The van der Waals surface area contributed by atoms with E-state index < -0.39 is 0 Å². The van der Waals surface area contributed by atoms with Gasteiger partial charge in [0.25, 0.3) is 0 Å².